The fourth-order valence-corrected chi connectivity index (χ4v) is 1.53. The van der Waals surface area contributed by atoms with Gasteiger partial charge in [-0.25, -0.2) is 4.79 Å². The second-order valence-corrected chi connectivity index (χ2v) is 4.05. The Morgan fingerprint density at radius 1 is 1.47 bits per heavy atom. The minimum absolute atomic E-state index is 0.121. The maximum Gasteiger partial charge on any atom is 0.314 e. The molecule has 0 bridgehead atoms. The van der Waals surface area contributed by atoms with Crippen molar-refractivity contribution < 1.29 is 19.2 Å². The third-order valence-electron chi connectivity index (χ3n) is 2.53. The van der Waals surface area contributed by atoms with Gasteiger partial charge in [-0.3, -0.25) is 4.79 Å². The lowest BCUT2D eigenvalue weighted by atomic mass is 10.0. The number of rotatable bonds is 8. The molecule has 1 rings (SSSR count). The molecular formula is C11H18N4O4. The van der Waals surface area contributed by atoms with Gasteiger partial charge in [0.25, 0.3) is 0 Å². The van der Waals surface area contributed by atoms with Gasteiger partial charge < -0.3 is 20.3 Å². The highest BCUT2D eigenvalue weighted by Crippen LogP contribution is 2.04. The van der Waals surface area contributed by atoms with E-state index in [9.17, 15) is 9.59 Å². The van der Waals surface area contributed by atoms with E-state index in [4.69, 9.17) is 9.63 Å². The van der Waals surface area contributed by atoms with Gasteiger partial charge in [-0.2, -0.15) is 4.98 Å². The Balaban J connectivity index is 2.17. The van der Waals surface area contributed by atoms with Gasteiger partial charge in [0.05, 0.1) is 5.92 Å². The molecule has 8 heteroatoms. The minimum atomic E-state index is -0.895. The topological polar surface area (TPSA) is 117 Å². The van der Waals surface area contributed by atoms with E-state index in [0.717, 1.165) is 6.42 Å². The molecule has 2 amide bonds. The van der Waals surface area contributed by atoms with E-state index in [-0.39, 0.29) is 6.54 Å². The van der Waals surface area contributed by atoms with Crippen LogP contribution in [-0.2, 0) is 11.2 Å². The molecule has 1 unspecified atom stereocenters. The number of carbonyl (C=O) groups excluding carboxylic acids is 1. The van der Waals surface area contributed by atoms with Gasteiger partial charge in [0, 0.05) is 19.5 Å². The highest BCUT2D eigenvalue weighted by Gasteiger charge is 2.16. The van der Waals surface area contributed by atoms with Crippen LogP contribution in [-0.4, -0.2) is 40.3 Å². The Bertz CT molecular complexity index is 393. The lowest BCUT2D eigenvalue weighted by Crippen LogP contribution is -2.40. The molecule has 1 atom stereocenters. The molecule has 8 nitrogen and oxygen atoms in total. The van der Waals surface area contributed by atoms with Gasteiger partial charge in [-0.1, -0.05) is 18.5 Å². The summed E-state index contributed by atoms with van der Waals surface area (Å²) in [4.78, 5) is 26.1. The summed E-state index contributed by atoms with van der Waals surface area (Å²) in [5.74, 6) is -1.01. The summed E-state index contributed by atoms with van der Waals surface area (Å²) in [6.45, 7) is 2.37. The highest BCUT2D eigenvalue weighted by atomic mass is 16.5. The normalized spacial score (nSPS) is 11.8. The first-order valence-electron chi connectivity index (χ1n) is 6.13. The molecule has 1 aromatic heterocycles. The highest BCUT2D eigenvalue weighted by molar-refractivity contribution is 5.75. The largest absolute Gasteiger partial charge is 0.481 e. The number of carbonyl (C=O) groups is 2. The van der Waals surface area contributed by atoms with Crippen molar-refractivity contribution in [1.82, 2.24) is 20.8 Å². The zero-order valence-electron chi connectivity index (χ0n) is 10.8. The Morgan fingerprint density at radius 2 is 2.26 bits per heavy atom. The van der Waals surface area contributed by atoms with Gasteiger partial charge in [0.15, 0.2) is 6.33 Å². The first-order chi connectivity index (χ1) is 9.13. The van der Waals surface area contributed by atoms with Crippen LogP contribution < -0.4 is 10.6 Å². The maximum atomic E-state index is 11.4. The number of nitrogens with one attached hydrogen (secondary N) is 2. The summed E-state index contributed by atoms with van der Waals surface area (Å²) in [6, 6.07) is -0.401. The number of carboxylic acids is 1. The summed E-state index contributed by atoms with van der Waals surface area (Å²) in [5, 5.41) is 17.5. The van der Waals surface area contributed by atoms with Crippen molar-refractivity contribution in [3.8, 4) is 0 Å². The first kappa shape index (κ1) is 14.9. The number of amides is 2. The molecule has 1 aromatic rings. The number of hydrogen-bond acceptors (Lipinski definition) is 5. The van der Waals surface area contributed by atoms with E-state index < -0.39 is 17.9 Å². The Hall–Kier alpha value is -2.12. The van der Waals surface area contributed by atoms with Crippen LogP contribution in [0.25, 0.3) is 0 Å². The average Bonchev–Trinajstić information content (AvgIpc) is 2.87. The summed E-state index contributed by atoms with van der Waals surface area (Å²) in [5.41, 5.74) is 0. The van der Waals surface area contributed by atoms with Gasteiger partial charge in [0.1, 0.15) is 0 Å². The van der Waals surface area contributed by atoms with Crippen LogP contribution in [0.5, 0.6) is 0 Å². The smallest absolute Gasteiger partial charge is 0.314 e. The van der Waals surface area contributed by atoms with E-state index >= 15 is 0 Å². The molecule has 0 saturated carbocycles. The standard InChI is InChI=1S/C11H18N4O4/c1-2-3-8(10(16)17)6-13-11(18)12-5-4-9-14-7-15-19-9/h7-8H,2-6H2,1H3,(H,16,17)(H2,12,13,18). The van der Waals surface area contributed by atoms with Crippen LogP contribution in [0.4, 0.5) is 4.79 Å². The molecule has 0 radical (unpaired) electrons. The predicted molar refractivity (Wildman–Crippen MR) is 65.4 cm³/mol. The minimum Gasteiger partial charge on any atom is -0.481 e. The first-order valence-corrected chi connectivity index (χ1v) is 6.13. The van der Waals surface area contributed by atoms with Crippen molar-refractivity contribution in [3.63, 3.8) is 0 Å². The van der Waals surface area contributed by atoms with E-state index in [0.29, 0.717) is 25.3 Å². The van der Waals surface area contributed by atoms with Gasteiger partial charge in [0.2, 0.25) is 5.89 Å². The number of hydrogen-bond donors (Lipinski definition) is 3. The zero-order valence-corrected chi connectivity index (χ0v) is 10.8. The van der Waals surface area contributed by atoms with Crippen molar-refractivity contribution in [1.29, 1.82) is 0 Å². The average molecular weight is 270 g/mol. The molecule has 3 N–H and O–H groups in total. The molecule has 19 heavy (non-hydrogen) atoms. The third kappa shape index (κ3) is 5.84. The quantitative estimate of drug-likeness (QED) is 0.630. The van der Waals surface area contributed by atoms with Crippen LogP contribution >= 0.6 is 0 Å². The molecule has 0 aliphatic rings. The van der Waals surface area contributed by atoms with E-state index in [1.165, 1.54) is 6.33 Å². The molecule has 106 valence electrons. The lowest BCUT2D eigenvalue weighted by Gasteiger charge is -2.12. The molecule has 0 aliphatic carbocycles. The number of carboxylic acid groups (broad SMARTS) is 1. The Labute approximate surface area is 110 Å². The molecule has 0 aromatic carbocycles. The molecule has 0 aliphatic heterocycles. The van der Waals surface area contributed by atoms with Gasteiger partial charge in [-0.05, 0) is 6.42 Å². The maximum absolute atomic E-state index is 11.4. The van der Waals surface area contributed by atoms with E-state index in [2.05, 4.69) is 20.8 Å². The second kappa shape index (κ2) is 8.06. The van der Waals surface area contributed by atoms with Crippen LogP contribution in [0.2, 0.25) is 0 Å². The summed E-state index contributed by atoms with van der Waals surface area (Å²) in [7, 11) is 0. The monoisotopic (exact) mass is 270 g/mol. The summed E-state index contributed by atoms with van der Waals surface area (Å²) >= 11 is 0. The van der Waals surface area contributed by atoms with E-state index in [1.807, 2.05) is 6.92 Å². The van der Waals surface area contributed by atoms with Crippen molar-refractivity contribution in [2.24, 2.45) is 5.92 Å². The van der Waals surface area contributed by atoms with Crippen molar-refractivity contribution >= 4 is 12.0 Å². The number of aromatic nitrogens is 2. The van der Waals surface area contributed by atoms with Crippen molar-refractivity contribution in [2.75, 3.05) is 13.1 Å². The Kier molecular flexibility index (Phi) is 6.34. The fraction of sp³-hybridized carbons (Fsp3) is 0.636. The third-order valence-corrected chi connectivity index (χ3v) is 2.53. The number of nitrogens with zero attached hydrogens (tertiary/aromatic N) is 2. The van der Waals surface area contributed by atoms with Crippen molar-refractivity contribution in [2.45, 2.75) is 26.2 Å². The van der Waals surface area contributed by atoms with E-state index in [1.54, 1.807) is 0 Å². The second-order valence-electron chi connectivity index (χ2n) is 4.05. The zero-order chi connectivity index (χ0) is 14.1. The lowest BCUT2D eigenvalue weighted by molar-refractivity contribution is -0.141. The summed E-state index contributed by atoms with van der Waals surface area (Å²) < 4.78 is 4.77. The fourth-order valence-electron chi connectivity index (χ4n) is 1.53. The van der Waals surface area contributed by atoms with Gasteiger partial charge >= 0.3 is 12.0 Å². The molecule has 0 fully saturated rings. The van der Waals surface area contributed by atoms with Crippen molar-refractivity contribution in [3.05, 3.63) is 12.2 Å². The predicted octanol–water partition coefficient (Wildman–Crippen LogP) is 0.412. The Morgan fingerprint density at radius 3 is 2.84 bits per heavy atom. The van der Waals surface area contributed by atoms with Crippen LogP contribution in [0.3, 0.4) is 0 Å². The molecule has 0 saturated heterocycles. The SMILES string of the molecule is CCCC(CNC(=O)NCCc1ncno1)C(=O)O. The van der Waals surface area contributed by atoms with Crippen LogP contribution in [0, 0.1) is 5.92 Å². The van der Waals surface area contributed by atoms with Crippen LogP contribution in [0.1, 0.15) is 25.7 Å². The molecular weight excluding hydrogens is 252 g/mol. The van der Waals surface area contributed by atoms with Crippen LogP contribution in [0.15, 0.2) is 10.9 Å². The van der Waals surface area contributed by atoms with Gasteiger partial charge in [-0.15, -0.1) is 0 Å². The molecule has 0 spiro atoms. The number of aliphatic carboxylic acids is 1. The molecule has 1 heterocycles. The number of urea groups is 1. The summed E-state index contributed by atoms with van der Waals surface area (Å²) in [6.07, 6.45) is 3.03.